The summed E-state index contributed by atoms with van der Waals surface area (Å²) >= 11 is 0. The summed E-state index contributed by atoms with van der Waals surface area (Å²) in [4.78, 5) is 23.6. The van der Waals surface area contributed by atoms with Crippen LogP contribution in [0.15, 0.2) is 12.2 Å². The molecule has 1 aliphatic heterocycles. The van der Waals surface area contributed by atoms with Crippen LogP contribution in [0.3, 0.4) is 0 Å². The Bertz CT molecular complexity index is 366. The summed E-state index contributed by atoms with van der Waals surface area (Å²) in [5.41, 5.74) is 0.736. The van der Waals surface area contributed by atoms with Crippen molar-refractivity contribution >= 4 is 11.8 Å². The molecule has 18 heavy (non-hydrogen) atoms. The monoisotopic (exact) mass is 264 g/mol. The molecule has 4 nitrogen and oxygen atoms in total. The summed E-state index contributed by atoms with van der Waals surface area (Å²) in [7, 11) is 0. The zero-order chi connectivity index (χ0) is 13.9. The van der Waals surface area contributed by atoms with Gasteiger partial charge in [-0.05, 0) is 6.92 Å². The number of hydrogen-bond acceptors (Lipinski definition) is 2. The van der Waals surface area contributed by atoms with E-state index in [1.165, 1.54) is 0 Å². The Hall–Kier alpha value is -1.53. The highest BCUT2D eigenvalue weighted by Crippen LogP contribution is 2.23. The Morgan fingerprint density at radius 1 is 1.56 bits per heavy atom. The number of rotatable bonds is 4. The molecule has 0 aromatic heterocycles. The predicted octanol–water partition coefficient (Wildman–Crippen LogP) is 1.09. The van der Waals surface area contributed by atoms with Gasteiger partial charge in [0.2, 0.25) is 11.8 Å². The Morgan fingerprint density at radius 2 is 2.17 bits per heavy atom. The number of nitrogens with zero attached hydrogens (tertiary/aromatic N) is 1. The number of carbonyl (C=O) groups excluding carboxylic acids is 2. The van der Waals surface area contributed by atoms with Gasteiger partial charge in [0.25, 0.3) is 0 Å². The van der Waals surface area contributed by atoms with Gasteiger partial charge < -0.3 is 10.2 Å². The average molecular weight is 264 g/mol. The van der Waals surface area contributed by atoms with Crippen molar-refractivity contribution in [2.45, 2.75) is 19.5 Å². The maximum absolute atomic E-state index is 12.2. The lowest BCUT2D eigenvalue weighted by Gasteiger charge is -2.18. The quantitative estimate of drug-likeness (QED) is 0.773. The van der Waals surface area contributed by atoms with E-state index in [9.17, 15) is 22.8 Å². The van der Waals surface area contributed by atoms with Crippen LogP contribution in [0.1, 0.15) is 13.3 Å². The molecule has 1 unspecified atom stereocenters. The molecule has 1 heterocycles. The molecular formula is C11H15F3N2O2. The molecule has 0 bridgehead atoms. The average Bonchev–Trinajstić information content (AvgIpc) is 2.54. The Labute approximate surface area is 103 Å². The largest absolute Gasteiger partial charge is 0.406 e. The molecule has 0 saturated carbocycles. The second kappa shape index (κ2) is 5.41. The van der Waals surface area contributed by atoms with Gasteiger partial charge in [0, 0.05) is 19.5 Å². The van der Waals surface area contributed by atoms with E-state index < -0.39 is 30.5 Å². The van der Waals surface area contributed by atoms with Crippen LogP contribution in [0.4, 0.5) is 13.2 Å². The van der Waals surface area contributed by atoms with E-state index in [1.54, 1.807) is 6.92 Å². The van der Waals surface area contributed by atoms with E-state index >= 15 is 0 Å². The minimum Gasteiger partial charge on any atom is -0.352 e. The lowest BCUT2D eigenvalue weighted by atomic mass is 10.1. The molecule has 0 aromatic rings. The molecule has 7 heteroatoms. The van der Waals surface area contributed by atoms with Crippen LogP contribution < -0.4 is 5.32 Å². The molecule has 0 spiro atoms. The number of halogens is 3. The molecule has 1 N–H and O–H groups in total. The predicted molar refractivity (Wildman–Crippen MR) is 58.6 cm³/mol. The Balaban J connectivity index is 2.50. The molecule has 1 saturated heterocycles. The first-order chi connectivity index (χ1) is 8.19. The Morgan fingerprint density at radius 3 is 2.67 bits per heavy atom. The zero-order valence-corrected chi connectivity index (χ0v) is 10.0. The molecule has 1 atom stereocenters. The molecule has 1 fully saturated rings. The van der Waals surface area contributed by atoms with Crippen LogP contribution in [0, 0.1) is 5.92 Å². The summed E-state index contributed by atoms with van der Waals surface area (Å²) in [6.07, 6.45) is -4.60. The van der Waals surface area contributed by atoms with Crippen molar-refractivity contribution in [1.82, 2.24) is 10.2 Å². The number of hydrogen-bond donors (Lipinski definition) is 1. The smallest absolute Gasteiger partial charge is 0.352 e. The van der Waals surface area contributed by atoms with E-state index in [0.29, 0.717) is 4.90 Å². The summed E-state index contributed by atoms with van der Waals surface area (Å²) < 4.78 is 36.5. The highest BCUT2D eigenvalue weighted by molar-refractivity contribution is 5.89. The van der Waals surface area contributed by atoms with Gasteiger partial charge in [0.05, 0.1) is 5.92 Å². The van der Waals surface area contributed by atoms with Crippen molar-refractivity contribution in [2.75, 3.05) is 19.6 Å². The third-order valence-corrected chi connectivity index (χ3v) is 2.52. The van der Waals surface area contributed by atoms with Crippen LogP contribution in [0.2, 0.25) is 0 Å². The van der Waals surface area contributed by atoms with Crippen molar-refractivity contribution in [3.05, 3.63) is 12.2 Å². The summed E-state index contributed by atoms with van der Waals surface area (Å²) in [6.45, 7) is 4.10. The van der Waals surface area contributed by atoms with Crippen LogP contribution in [-0.4, -0.2) is 42.5 Å². The molecular weight excluding hydrogens is 249 g/mol. The molecule has 0 radical (unpaired) electrons. The van der Waals surface area contributed by atoms with Gasteiger partial charge in [-0.3, -0.25) is 9.59 Å². The van der Waals surface area contributed by atoms with E-state index in [-0.39, 0.29) is 19.5 Å². The van der Waals surface area contributed by atoms with Gasteiger partial charge >= 0.3 is 6.18 Å². The molecule has 1 aliphatic rings. The van der Waals surface area contributed by atoms with Gasteiger partial charge in [0.1, 0.15) is 6.54 Å². The fourth-order valence-corrected chi connectivity index (χ4v) is 1.70. The number of likely N-dealkylation sites (tertiary alicyclic amines) is 1. The molecule has 0 aliphatic carbocycles. The van der Waals surface area contributed by atoms with Crippen LogP contribution in [0.5, 0.6) is 0 Å². The maximum Gasteiger partial charge on any atom is 0.406 e. The number of alkyl halides is 3. The second-order valence-corrected chi connectivity index (χ2v) is 4.47. The van der Waals surface area contributed by atoms with Crippen LogP contribution >= 0.6 is 0 Å². The van der Waals surface area contributed by atoms with Gasteiger partial charge in [-0.2, -0.15) is 13.2 Å². The van der Waals surface area contributed by atoms with Crippen molar-refractivity contribution in [3.8, 4) is 0 Å². The van der Waals surface area contributed by atoms with E-state index in [1.807, 2.05) is 0 Å². The summed E-state index contributed by atoms with van der Waals surface area (Å²) in [5.74, 6) is -1.75. The van der Waals surface area contributed by atoms with E-state index in [0.717, 1.165) is 5.57 Å². The first kappa shape index (κ1) is 14.5. The van der Waals surface area contributed by atoms with Gasteiger partial charge in [-0.1, -0.05) is 12.2 Å². The van der Waals surface area contributed by atoms with Crippen molar-refractivity contribution < 1.29 is 22.8 Å². The summed E-state index contributed by atoms with van der Waals surface area (Å²) in [6, 6.07) is 0. The topological polar surface area (TPSA) is 49.4 Å². The lowest BCUT2D eigenvalue weighted by molar-refractivity contribution is -0.157. The first-order valence-corrected chi connectivity index (χ1v) is 5.45. The normalized spacial score (nSPS) is 20.1. The van der Waals surface area contributed by atoms with E-state index in [4.69, 9.17) is 0 Å². The minimum atomic E-state index is -4.43. The van der Waals surface area contributed by atoms with Crippen molar-refractivity contribution in [3.63, 3.8) is 0 Å². The maximum atomic E-state index is 12.2. The number of carbonyl (C=O) groups is 2. The fraction of sp³-hybridized carbons (Fsp3) is 0.636. The highest BCUT2D eigenvalue weighted by Gasteiger charge is 2.40. The third kappa shape index (κ3) is 4.38. The third-order valence-electron chi connectivity index (χ3n) is 2.52. The highest BCUT2D eigenvalue weighted by atomic mass is 19.4. The molecule has 2 amide bonds. The van der Waals surface area contributed by atoms with Gasteiger partial charge in [0.15, 0.2) is 0 Å². The molecule has 102 valence electrons. The molecule has 1 rings (SSSR count). The van der Waals surface area contributed by atoms with Gasteiger partial charge in [-0.15, -0.1) is 0 Å². The number of amides is 2. The van der Waals surface area contributed by atoms with Gasteiger partial charge in [-0.25, -0.2) is 0 Å². The zero-order valence-electron chi connectivity index (χ0n) is 10.0. The molecule has 0 aromatic carbocycles. The first-order valence-electron chi connectivity index (χ1n) is 5.45. The minimum absolute atomic E-state index is 0.169. The number of nitrogens with one attached hydrogen (secondary N) is 1. The van der Waals surface area contributed by atoms with Crippen molar-refractivity contribution in [1.29, 1.82) is 0 Å². The van der Waals surface area contributed by atoms with Crippen LogP contribution in [-0.2, 0) is 9.59 Å². The second-order valence-electron chi connectivity index (χ2n) is 4.47. The van der Waals surface area contributed by atoms with Crippen molar-refractivity contribution in [2.24, 2.45) is 5.92 Å². The lowest BCUT2D eigenvalue weighted by Crippen LogP contribution is -2.37. The van der Waals surface area contributed by atoms with E-state index in [2.05, 4.69) is 11.9 Å². The fourth-order valence-electron chi connectivity index (χ4n) is 1.70. The summed E-state index contributed by atoms with van der Waals surface area (Å²) in [5, 5.41) is 2.53. The SMILES string of the molecule is C=C(C)CNC(=O)C1CC(=O)N(CC(F)(F)F)C1. The standard InChI is InChI=1S/C11H15F3N2O2/c1-7(2)4-15-10(18)8-3-9(17)16(5-8)6-11(12,13)14/h8H,1,3-6H2,2H3,(H,15,18). The van der Waals surface area contributed by atoms with Crippen LogP contribution in [0.25, 0.3) is 0 Å². The Kier molecular flexibility index (Phi) is 4.37.